The molecule has 0 bridgehead atoms. The summed E-state index contributed by atoms with van der Waals surface area (Å²) in [6.45, 7) is 7.66. The Balaban J connectivity index is 2.53. The minimum Gasteiger partial charge on any atom is -0.383 e. The molecule has 1 saturated heterocycles. The summed E-state index contributed by atoms with van der Waals surface area (Å²) in [7, 11) is 1.66. The van der Waals surface area contributed by atoms with Crippen LogP contribution in [0.25, 0.3) is 0 Å². The van der Waals surface area contributed by atoms with Crippen molar-refractivity contribution >= 4 is 5.91 Å². The molecule has 0 aromatic heterocycles. The van der Waals surface area contributed by atoms with Crippen LogP contribution in [0.2, 0.25) is 0 Å². The van der Waals surface area contributed by atoms with Crippen molar-refractivity contribution in [2.24, 2.45) is 5.92 Å². The van der Waals surface area contributed by atoms with Crippen molar-refractivity contribution in [1.29, 1.82) is 0 Å². The van der Waals surface area contributed by atoms with Crippen LogP contribution < -0.4 is 10.6 Å². The number of ether oxygens (including phenoxy) is 1. The molecule has 1 amide bonds. The molecule has 0 aromatic carbocycles. The van der Waals surface area contributed by atoms with Crippen LogP contribution in [-0.2, 0) is 9.53 Å². The van der Waals surface area contributed by atoms with Crippen LogP contribution in [0.5, 0.6) is 0 Å². The Morgan fingerprint density at radius 1 is 1.56 bits per heavy atom. The number of carbonyl (C=O) groups is 1. The molecule has 16 heavy (non-hydrogen) atoms. The van der Waals surface area contributed by atoms with E-state index in [0.29, 0.717) is 12.5 Å². The van der Waals surface area contributed by atoms with Gasteiger partial charge >= 0.3 is 0 Å². The Hall–Kier alpha value is -0.610. The largest absolute Gasteiger partial charge is 0.383 e. The third-order valence-corrected chi connectivity index (χ3v) is 3.34. The zero-order chi connectivity index (χ0) is 12.2. The first-order valence-corrected chi connectivity index (χ1v) is 6.04. The van der Waals surface area contributed by atoms with E-state index < -0.39 is 0 Å². The van der Waals surface area contributed by atoms with Gasteiger partial charge in [0.25, 0.3) is 0 Å². The smallest absolute Gasteiger partial charge is 0.240 e. The molecule has 0 radical (unpaired) electrons. The average Bonchev–Trinajstić information content (AvgIpc) is 2.65. The molecule has 94 valence electrons. The first kappa shape index (κ1) is 13.5. The van der Waals surface area contributed by atoms with Crippen molar-refractivity contribution < 1.29 is 9.53 Å². The molecule has 0 aliphatic carbocycles. The number of amides is 1. The Kier molecular flexibility index (Phi) is 4.74. The Morgan fingerprint density at radius 3 is 2.69 bits per heavy atom. The standard InChI is InChI=1S/C12H24N2O2/c1-9(2)10(8-16-4)14-11(15)12(3)6-5-7-13-12/h9-10,13H,5-8H2,1-4H3,(H,14,15). The van der Waals surface area contributed by atoms with E-state index in [-0.39, 0.29) is 17.5 Å². The van der Waals surface area contributed by atoms with Gasteiger partial charge in [0.2, 0.25) is 5.91 Å². The number of hydrogen-bond donors (Lipinski definition) is 2. The summed E-state index contributed by atoms with van der Waals surface area (Å²) in [4.78, 5) is 12.1. The van der Waals surface area contributed by atoms with Gasteiger partial charge in [0.15, 0.2) is 0 Å². The van der Waals surface area contributed by atoms with E-state index in [9.17, 15) is 4.79 Å². The highest BCUT2D eigenvalue weighted by molar-refractivity contribution is 5.86. The van der Waals surface area contributed by atoms with E-state index in [0.717, 1.165) is 19.4 Å². The summed E-state index contributed by atoms with van der Waals surface area (Å²) in [5.41, 5.74) is -0.388. The van der Waals surface area contributed by atoms with Gasteiger partial charge in [-0.25, -0.2) is 0 Å². The lowest BCUT2D eigenvalue weighted by molar-refractivity contribution is -0.128. The zero-order valence-corrected chi connectivity index (χ0v) is 10.8. The van der Waals surface area contributed by atoms with Crippen LogP contribution >= 0.6 is 0 Å². The first-order chi connectivity index (χ1) is 7.49. The lowest BCUT2D eigenvalue weighted by atomic mass is 9.97. The SMILES string of the molecule is COCC(NC(=O)C1(C)CCCN1)C(C)C. The molecule has 2 atom stereocenters. The van der Waals surface area contributed by atoms with Crippen molar-refractivity contribution in [1.82, 2.24) is 10.6 Å². The highest BCUT2D eigenvalue weighted by Gasteiger charge is 2.36. The van der Waals surface area contributed by atoms with E-state index in [1.807, 2.05) is 6.92 Å². The van der Waals surface area contributed by atoms with Gasteiger partial charge < -0.3 is 15.4 Å². The molecule has 1 fully saturated rings. The van der Waals surface area contributed by atoms with E-state index in [2.05, 4.69) is 24.5 Å². The molecule has 1 aliphatic rings. The number of carbonyl (C=O) groups excluding carboxylic acids is 1. The molecule has 1 rings (SSSR count). The second-order valence-corrected chi connectivity index (χ2v) is 5.14. The first-order valence-electron chi connectivity index (χ1n) is 6.04. The van der Waals surface area contributed by atoms with Crippen LogP contribution in [0.15, 0.2) is 0 Å². The summed E-state index contributed by atoms with van der Waals surface area (Å²) < 4.78 is 5.13. The monoisotopic (exact) mass is 228 g/mol. The maximum Gasteiger partial charge on any atom is 0.240 e. The predicted molar refractivity (Wildman–Crippen MR) is 64.3 cm³/mol. The van der Waals surface area contributed by atoms with Crippen LogP contribution in [0.4, 0.5) is 0 Å². The molecule has 1 aliphatic heterocycles. The second-order valence-electron chi connectivity index (χ2n) is 5.14. The Morgan fingerprint density at radius 2 is 2.25 bits per heavy atom. The molecule has 2 unspecified atom stereocenters. The highest BCUT2D eigenvalue weighted by Crippen LogP contribution is 2.19. The van der Waals surface area contributed by atoms with Crippen molar-refractivity contribution in [3.8, 4) is 0 Å². The van der Waals surface area contributed by atoms with Gasteiger partial charge in [-0.15, -0.1) is 0 Å². The summed E-state index contributed by atoms with van der Waals surface area (Å²) in [6, 6.07) is 0.0942. The van der Waals surface area contributed by atoms with Crippen LogP contribution in [0, 0.1) is 5.92 Å². The quantitative estimate of drug-likeness (QED) is 0.735. The van der Waals surface area contributed by atoms with Gasteiger partial charge in [0.1, 0.15) is 0 Å². The molecule has 0 saturated carbocycles. The zero-order valence-electron chi connectivity index (χ0n) is 10.8. The summed E-state index contributed by atoms with van der Waals surface area (Å²) in [5, 5.41) is 6.34. The molecule has 4 nitrogen and oxygen atoms in total. The molecule has 2 N–H and O–H groups in total. The molecule has 1 heterocycles. The molecular formula is C12H24N2O2. The lowest BCUT2D eigenvalue weighted by Gasteiger charge is -2.28. The minimum atomic E-state index is -0.388. The molecule has 0 aromatic rings. The fourth-order valence-electron chi connectivity index (χ4n) is 2.00. The van der Waals surface area contributed by atoms with Gasteiger partial charge in [0.05, 0.1) is 18.2 Å². The fourth-order valence-corrected chi connectivity index (χ4v) is 2.00. The van der Waals surface area contributed by atoms with E-state index in [1.54, 1.807) is 7.11 Å². The van der Waals surface area contributed by atoms with Gasteiger partial charge in [-0.1, -0.05) is 13.8 Å². The summed E-state index contributed by atoms with van der Waals surface area (Å²) >= 11 is 0. The van der Waals surface area contributed by atoms with Crippen LogP contribution in [-0.4, -0.2) is 37.7 Å². The van der Waals surface area contributed by atoms with Crippen LogP contribution in [0.1, 0.15) is 33.6 Å². The van der Waals surface area contributed by atoms with Crippen molar-refractivity contribution in [2.45, 2.75) is 45.2 Å². The third kappa shape index (κ3) is 3.19. The number of hydrogen-bond acceptors (Lipinski definition) is 3. The average molecular weight is 228 g/mol. The number of methoxy groups -OCH3 is 1. The van der Waals surface area contributed by atoms with Gasteiger partial charge in [-0.2, -0.15) is 0 Å². The van der Waals surface area contributed by atoms with Gasteiger partial charge in [-0.05, 0) is 32.2 Å². The van der Waals surface area contributed by atoms with Crippen molar-refractivity contribution in [3.63, 3.8) is 0 Å². The second kappa shape index (κ2) is 5.64. The maximum atomic E-state index is 12.1. The summed E-state index contributed by atoms with van der Waals surface area (Å²) in [5.74, 6) is 0.481. The van der Waals surface area contributed by atoms with Gasteiger partial charge in [0, 0.05) is 7.11 Å². The van der Waals surface area contributed by atoms with E-state index in [1.165, 1.54) is 0 Å². The van der Waals surface area contributed by atoms with Crippen LogP contribution in [0.3, 0.4) is 0 Å². The maximum absolute atomic E-state index is 12.1. The molecular weight excluding hydrogens is 204 g/mol. The normalized spacial score (nSPS) is 27.1. The topological polar surface area (TPSA) is 50.4 Å². The molecule has 0 spiro atoms. The van der Waals surface area contributed by atoms with Gasteiger partial charge in [-0.3, -0.25) is 4.79 Å². The summed E-state index contributed by atoms with van der Waals surface area (Å²) in [6.07, 6.45) is 1.98. The lowest BCUT2D eigenvalue weighted by Crippen LogP contribution is -2.55. The number of nitrogens with one attached hydrogen (secondary N) is 2. The Bertz CT molecular complexity index is 235. The van der Waals surface area contributed by atoms with Crippen molar-refractivity contribution in [2.75, 3.05) is 20.3 Å². The van der Waals surface area contributed by atoms with E-state index in [4.69, 9.17) is 4.74 Å². The number of rotatable bonds is 5. The third-order valence-electron chi connectivity index (χ3n) is 3.34. The highest BCUT2D eigenvalue weighted by atomic mass is 16.5. The molecule has 4 heteroatoms. The van der Waals surface area contributed by atoms with E-state index >= 15 is 0 Å². The fraction of sp³-hybridized carbons (Fsp3) is 0.917. The minimum absolute atomic E-state index is 0.0942. The predicted octanol–water partition coefficient (Wildman–Crippen LogP) is 0.916. The Labute approximate surface area is 98.1 Å². The van der Waals surface area contributed by atoms with Crippen molar-refractivity contribution in [3.05, 3.63) is 0 Å².